The lowest BCUT2D eigenvalue weighted by Gasteiger charge is -2.10. The van der Waals surface area contributed by atoms with E-state index in [2.05, 4.69) is 9.97 Å². The molecule has 0 bridgehead atoms. The number of hydrogen-bond acceptors (Lipinski definition) is 3. The Hall–Kier alpha value is -1.53. The molecular formula is C8H9F3N2O2. The number of halogens is 3. The molecule has 0 saturated carbocycles. The molecular weight excluding hydrogens is 213 g/mol. The maximum atomic E-state index is 12.2. The predicted octanol–water partition coefficient (Wildman–Crippen LogP) is 1.58. The average molecular weight is 222 g/mol. The van der Waals surface area contributed by atoms with Gasteiger partial charge in [-0.25, -0.2) is 0 Å². The molecule has 0 spiro atoms. The molecule has 0 aliphatic heterocycles. The van der Waals surface area contributed by atoms with Gasteiger partial charge in [-0.3, -0.25) is 9.78 Å². The van der Waals surface area contributed by atoms with Crippen molar-refractivity contribution in [2.75, 3.05) is 0 Å². The SMILES string of the molecule is CC(C)Oc1nc(C(F)(F)F)cc(=O)[nH]1. The molecule has 1 heterocycles. The second-order valence-corrected chi connectivity index (χ2v) is 3.10. The lowest BCUT2D eigenvalue weighted by atomic mass is 10.4. The molecule has 0 amide bonds. The van der Waals surface area contributed by atoms with Gasteiger partial charge in [-0.05, 0) is 13.8 Å². The van der Waals surface area contributed by atoms with E-state index in [1.807, 2.05) is 0 Å². The van der Waals surface area contributed by atoms with Crippen LogP contribution in [-0.2, 0) is 6.18 Å². The standard InChI is InChI=1S/C8H9F3N2O2/c1-4(2)15-7-12-5(8(9,10)11)3-6(14)13-7/h3-4H,1-2H3,(H,12,13,14). The summed E-state index contributed by atoms with van der Waals surface area (Å²) in [5.41, 5.74) is -2.16. The van der Waals surface area contributed by atoms with Gasteiger partial charge in [0.15, 0.2) is 5.69 Å². The van der Waals surface area contributed by atoms with Crippen LogP contribution in [0.5, 0.6) is 6.01 Å². The van der Waals surface area contributed by atoms with Crippen LogP contribution in [0.15, 0.2) is 10.9 Å². The number of nitrogens with zero attached hydrogens (tertiary/aromatic N) is 1. The van der Waals surface area contributed by atoms with Crippen molar-refractivity contribution in [3.05, 3.63) is 22.1 Å². The summed E-state index contributed by atoms with van der Waals surface area (Å²) in [5.74, 6) is 0. The van der Waals surface area contributed by atoms with Gasteiger partial charge in [-0.15, -0.1) is 0 Å². The van der Waals surface area contributed by atoms with Crippen LogP contribution >= 0.6 is 0 Å². The zero-order valence-electron chi connectivity index (χ0n) is 8.05. The van der Waals surface area contributed by atoms with Crippen molar-refractivity contribution in [1.82, 2.24) is 9.97 Å². The summed E-state index contributed by atoms with van der Waals surface area (Å²) in [4.78, 5) is 16.1. The topological polar surface area (TPSA) is 55.0 Å². The summed E-state index contributed by atoms with van der Waals surface area (Å²) >= 11 is 0. The van der Waals surface area contributed by atoms with Crippen molar-refractivity contribution in [3.63, 3.8) is 0 Å². The monoisotopic (exact) mass is 222 g/mol. The number of H-pyrrole nitrogens is 1. The number of ether oxygens (including phenoxy) is 1. The number of aromatic nitrogens is 2. The van der Waals surface area contributed by atoms with Crippen molar-refractivity contribution in [2.24, 2.45) is 0 Å². The van der Waals surface area contributed by atoms with Gasteiger partial charge in [-0.2, -0.15) is 18.2 Å². The molecule has 4 nitrogen and oxygen atoms in total. The molecule has 0 aliphatic rings. The smallest absolute Gasteiger partial charge is 0.433 e. The van der Waals surface area contributed by atoms with Gasteiger partial charge in [0.25, 0.3) is 11.6 Å². The van der Waals surface area contributed by atoms with Crippen LogP contribution in [-0.4, -0.2) is 16.1 Å². The summed E-state index contributed by atoms with van der Waals surface area (Å²) in [6, 6.07) is -0.0440. The quantitative estimate of drug-likeness (QED) is 0.826. The number of nitrogens with one attached hydrogen (secondary N) is 1. The maximum absolute atomic E-state index is 12.2. The van der Waals surface area contributed by atoms with Gasteiger partial charge in [0.05, 0.1) is 6.10 Å². The van der Waals surface area contributed by atoms with Gasteiger partial charge in [0.1, 0.15) is 0 Å². The molecule has 0 saturated heterocycles. The zero-order chi connectivity index (χ0) is 11.6. The Bertz CT molecular complexity index is 398. The highest BCUT2D eigenvalue weighted by atomic mass is 19.4. The van der Waals surface area contributed by atoms with Crippen molar-refractivity contribution in [3.8, 4) is 6.01 Å². The largest absolute Gasteiger partial charge is 0.462 e. The van der Waals surface area contributed by atoms with Crippen LogP contribution in [0.25, 0.3) is 0 Å². The minimum atomic E-state index is -4.65. The first-order chi connectivity index (χ1) is 6.79. The first-order valence-corrected chi connectivity index (χ1v) is 4.14. The molecule has 0 atom stereocenters. The van der Waals surface area contributed by atoms with Crippen molar-refractivity contribution in [2.45, 2.75) is 26.1 Å². The summed E-state index contributed by atoms with van der Waals surface area (Å²) in [6.07, 6.45) is -5.01. The van der Waals surface area contributed by atoms with Crippen LogP contribution < -0.4 is 10.3 Å². The van der Waals surface area contributed by atoms with Crippen molar-refractivity contribution in [1.29, 1.82) is 0 Å². The van der Waals surface area contributed by atoms with E-state index in [1.54, 1.807) is 13.8 Å². The predicted molar refractivity (Wildman–Crippen MR) is 45.6 cm³/mol. The molecule has 15 heavy (non-hydrogen) atoms. The average Bonchev–Trinajstić information content (AvgIpc) is 1.99. The molecule has 0 fully saturated rings. The second-order valence-electron chi connectivity index (χ2n) is 3.10. The van der Waals surface area contributed by atoms with E-state index >= 15 is 0 Å². The molecule has 0 aromatic carbocycles. The van der Waals surface area contributed by atoms with Crippen LogP contribution in [0.4, 0.5) is 13.2 Å². The van der Waals surface area contributed by atoms with E-state index in [0.29, 0.717) is 6.07 Å². The Morgan fingerprint density at radius 2 is 2.07 bits per heavy atom. The van der Waals surface area contributed by atoms with Gasteiger partial charge in [-0.1, -0.05) is 0 Å². The minimum absolute atomic E-state index is 0.364. The molecule has 0 unspecified atom stereocenters. The molecule has 1 aromatic rings. The van der Waals surface area contributed by atoms with Crippen LogP contribution in [0.1, 0.15) is 19.5 Å². The van der Waals surface area contributed by atoms with Crippen LogP contribution in [0.2, 0.25) is 0 Å². The van der Waals surface area contributed by atoms with E-state index in [1.165, 1.54) is 0 Å². The number of alkyl halides is 3. The number of aromatic amines is 1. The Labute approximate surface area is 83.1 Å². The van der Waals surface area contributed by atoms with Crippen LogP contribution in [0.3, 0.4) is 0 Å². The first-order valence-electron chi connectivity index (χ1n) is 4.14. The highest BCUT2D eigenvalue weighted by Gasteiger charge is 2.33. The van der Waals surface area contributed by atoms with Gasteiger partial charge >= 0.3 is 6.18 Å². The minimum Gasteiger partial charge on any atom is -0.462 e. The van der Waals surface area contributed by atoms with Crippen molar-refractivity contribution < 1.29 is 17.9 Å². The molecule has 1 aromatic heterocycles. The molecule has 1 rings (SSSR count). The summed E-state index contributed by atoms with van der Waals surface area (Å²) < 4.78 is 41.5. The van der Waals surface area contributed by atoms with E-state index in [0.717, 1.165) is 0 Å². The number of rotatable bonds is 2. The molecule has 1 N–H and O–H groups in total. The summed E-state index contributed by atoms with van der Waals surface area (Å²) in [6.45, 7) is 3.22. The zero-order valence-corrected chi connectivity index (χ0v) is 8.05. The normalized spacial score (nSPS) is 11.9. The Kier molecular flexibility index (Phi) is 3.01. The highest BCUT2D eigenvalue weighted by molar-refractivity contribution is 5.09. The molecule has 84 valence electrons. The van der Waals surface area contributed by atoms with Crippen molar-refractivity contribution >= 4 is 0 Å². The summed E-state index contributed by atoms with van der Waals surface area (Å²) in [7, 11) is 0. The van der Waals surface area contributed by atoms with Gasteiger partial charge in [0.2, 0.25) is 0 Å². The van der Waals surface area contributed by atoms with E-state index in [4.69, 9.17) is 4.74 Å². The molecule has 0 aliphatic carbocycles. The lowest BCUT2D eigenvalue weighted by Crippen LogP contribution is -2.19. The van der Waals surface area contributed by atoms with E-state index in [-0.39, 0.29) is 6.10 Å². The third kappa shape index (κ3) is 3.26. The summed E-state index contributed by atoms with van der Waals surface area (Å²) in [5, 5.41) is 0. The van der Waals surface area contributed by atoms with E-state index in [9.17, 15) is 18.0 Å². The highest BCUT2D eigenvalue weighted by Crippen LogP contribution is 2.27. The van der Waals surface area contributed by atoms with Gasteiger partial charge in [0, 0.05) is 6.07 Å². The fourth-order valence-electron chi connectivity index (χ4n) is 0.860. The Balaban J connectivity index is 3.11. The third-order valence-corrected chi connectivity index (χ3v) is 1.36. The first kappa shape index (κ1) is 11.5. The van der Waals surface area contributed by atoms with Gasteiger partial charge < -0.3 is 4.74 Å². The van der Waals surface area contributed by atoms with E-state index < -0.39 is 23.4 Å². The maximum Gasteiger partial charge on any atom is 0.433 e. The second kappa shape index (κ2) is 3.92. The lowest BCUT2D eigenvalue weighted by molar-refractivity contribution is -0.141. The number of hydrogen-bond donors (Lipinski definition) is 1. The fourth-order valence-corrected chi connectivity index (χ4v) is 0.860. The van der Waals surface area contributed by atoms with Crippen LogP contribution in [0, 0.1) is 0 Å². The molecule has 0 radical (unpaired) electrons. The molecule has 7 heteroatoms. The Morgan fingerprint density at radius 3 is 2.53 bits per heavy atom. The third-order valence-electron chi connectivity index (χ3n) is 1.36. The Morgan fingerprint density at radius 1 is 1.47 bits per heavy atom. The fraction of sp³-hybridized carbons (Fsp3) is 0.500.